The first-order valence-electron chi connectivity index (χ1n) is 7.94. The number of benzene rings is 2. The normalized spacial score (nSPS) is 10.3. The van der Waals surface area contributed by atoms with Crippen LogP contribution in [0.2, 0.25) is 0 Å². The number of carbonyl (C=O) groups is 3. The number of aromatic nitrogens is 2. The van der Waals surface area contributed by atoms with Gasteiger partial charge >= 0.3 is 11.9 Å². The van der Waals surface area contributed by atoms with E-state index in [0.717, 1.165) is 0 Å². The second kappa shape index (κ2) is 8.05. The van der Waals surface area contributed by atoms with Gasteiger partial charge in [-0.2, -0.15) is 0 Å². The molecule has 0 radical (unpaired) electrons. The Morgan fingerprint density at radius 2 is 1.67 bits per heavy atom. The number of amides is 1. The average molecular weight is 365 g/mol. The predicted molar refractivity (Wildman–Crippen MR) is 96.2 cm³/mol. The van der Waals surface area contributed by atoms with Crippen LogP contribution in [0, 0.1) is 0 Å². The zero-order valence-corrected chi connectivity index (χ0v) is 14.3. The number of methoxy groups -OCH3 is 1. The summed E-state index contributed by atoms with van der Waals surface area (Å²) in [6.07, 6.45) is 1.29. The number of esters is 2. The van der Waals surface area contributed by atoms with E-state index in [1.165, 1.54) is 19.4 Å². The number of rotatable bonds is 5. The molecule has 0 saturated carbocycles. The van der Waals surface area contributed by atoms with Crippen molar-refractivity contribution >= 4 is 34.6 Å². The number of para-hydroxylation sites is 3. The van der Waals surface area contributed by atoms with Crippen LogP contribution in [0.25, 0.3) is 11.0 Å². The molecule has 0 aliphatic rings. The van der Waals surface area contributed by atoms with Gasteiger partial charge in [-0.1, -0.05) is 24.3 Å². The molecule has 8 nitrogen and oxygen atoms in total. The Kier molecular flexibility index (Phi) is 5.36. The number of fused-ring (bicyclic) bond motifs is 1. The molecular weight excluding hydrogens is 350 g/mol. The van der Waals surface area contributed by atoms with E-state index in [1.807, 2.05) is 6.07 Å². The number of nitrogens with zero attached hydrogens (tertiary/aromatic N) is 2. The molecule has 1 aromatic heterocycles. The SMILES string of the molecule is COC(=O)c1ccccc1NC(=O)COC(=O)c1cnc2ccccc2n1. The van der Waals surface area contributed by atoms with Crippen molar-refractivity contribution in [2.75, 3.05) is 19.0 Å². The highest BCUT2D eigenvalue weighted by atomic mass is 16.5. The van der Waals surface area contributed by atoms with E-state index in [9.17, 15) is 14.4 Å². The highest BCUT2D eigenvalue weighted by molar-refractivity contribution is 6.02. The third kappa shape index (κ3) is 4.24. The van der Waals surface area contributed by atoms with E-state index in [1.54, 1.807) is 36.4 Å². The zero-order valence-electron chi connectivity index (χ0n) is 14.3. The van der Waals surface area contributed by atoms with Crippen LogP contribution in [0.3, 0.4) is 0 Å². The van der Waals surface area contributed by atoms with Crippen molar-refractivity contribution in [2.45, 2.75) is 0 Å². The molecule has 0 aliphatic heterocycles. The molecule has 0 bridgehead atoms. The minimum atomic E-state index is -0.773. The summed E-state index contributed by atoms with van der Waals surface area (Å²) in [4.78, 5) is 44.1. The van der Waals surface area contributed by atoms with Gasteiger partial charge in [-0.15, -0.1) is 0 Å². The Morgan fingerprint density at radius 3 is 2.44 bits per heavy atom. The molecule has 0 aliphatic carbocycles. The molecule has 8 heteroatoms. The van der Waals surface area contributed by atoms with E-state index in [0.29, 0.717) is 11.0 Å². The largest absolute Gasteiger partial charge is 0.465 e. The Hall–Kier alpha value is -3.81. The number of hydrogen-bond acceptors (Lipinski definition) is 7. The standard InChI is InChI=1S/C19H15N3O5/c1-26-18(24)12-6-2-3-7-13(12)22-17(23)11-27-19(25)16-10-20-14-8-4-5-9-15(14)21-16/h2-10H,11H2,1H3,(H,22,23). The smallest absolute Gasteiger partial charge is 0.359 e. The van der Waals surface area contributed by atoms with Crippen LogP contribution in [-0.2, 0) is 14.3 Å². The van der Waals surface area contributed by atoms with Crippen LogP contribution >= 0.6 is 0 Å². The lowest BCUT2D eigenvalue weighted by Gasteiger charge is -2.10. The minimum absolute atomic E-state index is 0.00328. The summed E-state index contributed by atoms with van der Waals surface area (Å²) < 4.78 is 9.63. The minimum Gasteiger partial charge on any atom is -0.465 e. The summed E-state index contributed by atoms with van der Waals surface area (Å²) in [5.74, 6) is -1.97. The van der Waals surface area contributed by atoms with Crippen LogP contribution in [0.15, 0.2) is 54.7 Å². The molecule has 0 saturated heterocycles. The lowest BCUT2D eigenvalue weighted by molar-refractivity contribution is -0.119. The number of hydrogen-bond donors (Lipinski definition) is 1. The molecule has 27 heavy (non-hydrogen) atoms. The van der Waals surface area contributed by atoms with E-state index in [4.69, 9.17) is 4.74 Å². The summed E-state index contributed by atoms with van der Waals surface area (Å²) in [5.41, 5.74) is 1.64. The van der Waals surface area contributed by atoms with Gasteiger partial charge in [0.25, 0.3) is 5.91 Å². The fourth-order valence-electron chi connectivity index (χ4n) is 2.33. The Balaban J connectivity index is 1.63. The Bertz CT molecular complexity index is 1020. The maximum absolute atomic E-state index is 12.1. The molecule has 1 heterocycles. The third-order valence-corrected chi connectivity index (χ3v) is 3.60. The fraction of sp³-hybridized carbons (Fsp3) is 0.105. The van der Waals surface area contributed by atoms with Crippen molar-refractivity contribution in [1.29, 1.82) is 0 Å². The van der Waals surface area contributed by atoms with Crippen molar-refractivity contribution in [3.63, 3.8) is 0 Å². The highest BCUT2D eigenvalue weighted by Gasteiger charge is 2.16. The maximum atomic E-state index is 12.1. The molecule has 3 aromatic rings. The van der Waals surface area contributed by atoms with Crippen LogP contribution < -0.4 is 5.32 Å². The van der Waals surface area contributed by atoms with Crippen LogP contribution in [0.4, 0.5) is 5.69 Å². The topological polar surface area (TPSA) is 107 Å². The summed E-state index contributed by atoms with van der Waals surface area (Å²) in [7, 11) is 1.24. The molecule has 0 spiro atoms. The van der Waals surface area contributed by atoms with Gasteiger partial charge in [0.2, 0.25) is 0 Å². The molecular formula is C19H15N3O5. The lowest BCUT2D eigenvalue weighted by atomic mass is 10.2. The van der Waals surface area contributed by atoms with Crippen molar-refractivity contribution in [2.24, 2.45) is 0 Å². The Labute approximate surface area is 154 Å². The van der Waals surface area contributed by atoms with Crippen molar-refractivity contribution < 1.29 is 23.9 Å². The molecule has 136 valence electrons. The first kappa shape index (κ1) is 18.0. The van der Waals surface area contributed by atoms with Gasteiger partial charge in [-0.05, 0) is 24.3 Å². The molecule has 0 unspecified atom stereocenters. The van der Waals surface area contributed by atoms with Crippen molar-refractivity contribution in [3.05, 3.63) is 66.0 Å². The third-order valence-electron chi connectivity index (χ3n) is 3.60. The second-order valence-electron chi connectivity index (χ2n) is 5.41. The van der Waals surface area contributed by atoms with Gasteiger partial charge in [0.05, 0.1) is 35.6 Å². The molecule has 0 fully saturated rings. The fourth-order valence-corrected chi connectivity index (χ4v) is 2.33. The molecule has 1 N–H and O–H groups in total. The maximum Gasteiger partial charge on any atom is 0.359 e. The van der Waals surface area contributed by atoms with Crippen molar-refractivity contribution in [3.8, 4) is 0 Å². The van der Waals surface area contributed by atoms with Crippen LogP contribution in [0.1, 0.15) is 20.8 Å². The zero-order chi connectivity index (χ0) is 19.2. The monoisotopic (exact) mass is 365 g/mol. The summed E-state index contributed by atoms with van der Waals surface area (Å²) in [6.45, 7) is -0.539. The molecule has 3 rings (SSSR count). The number of nitrogens with one attached hydrogen (secondary N) is 1. The average Bonchev–Trinajstić information content (AvgIpc) is 2.71. The van der Waals surface area contributed by atoms with E-state index < -0.39 is 24.5 Å². The van der Waals surface area contributed by atoms with Crippen molar-refractivity contribution in [1.82, 2.24) is 9.97 Å². The number of anilines is 1. The first-order valence-corrected chi connectivity index (χ1v) is 7.94. The van der Waals surface area contributed by atoms with Gasteiger partial charge in [-0.3, -0.25) is 9.78 Å². The van der Waals surface area contributed by atoms with Gasteiger partial charge in [0.1, 0.15) is 0 Å². The van der Waals surface area contributed by atoms with Gasteiger partial charge in [0, 0.05) is 0 Å². The van der Waals surface area contributed by atoms with Gasteiger partial charge in [0.15, 0.2) is 12.3 Å². The molecule has 0 atom stereocenters. The van der Waals surface area contributed by atoms with Gasteiger partial charge in [-0.25, -0.2) is 14.6 Å². The van der Waals surface area contributed by atoms with Gasteiger partial charge < -0.3 is 14.8 Å². The predicted octanol–water partition coefficient (Wildman–Crippen LogP) is 2.21. The van der Waals surface area contributed by atoms with Crippen LogP contribution in [0.5, 0.6) is 0 Å². The van der Waals surface area contributed by atoms with Crippen LogP contribution in [-0.4, -0.2) is 41.5 Å². The van der Waals surface area contributed by atoms with E-state index in [-0.39, 0.29) is 16.9 Å². The lowest BCUT2D eigenvalue weighted by Crippen LogP contribution is -2.22. The quantitative estimate of drug-likeness (QED) is 0.691. The second-order valence-corrected chi connectivity index (χ2v) is 5.41. The highest BCUT2D eigenvalue weighted by Crippen LogP contribution is 2.16. The summed E-state index contributed by atoms with van der Waals surface area (Å²) in [5, 5.41) is 2.51. The molecule has 1 amide bonds. The summed E-state index contributed by atoms with van der Waals surface area (Å²) >= 11 is 0. The molecule has 2 aromatic carbocycles. The van der Waals surface area contributed by atoms with E-state index in [2.05, 4.69) is 20.0 Å². The number of carbonyl (C=O) groups excluding carboxylic acids is 3. The first-order chi connectivity index (χ1) is 13.1. The number of ether oxygens (including phenoxy) is 2. The Morgan fingerprint density at radius 1 is 0.963 bits per heavy atom. The summed E-state index contributed by atoms with van der Waals surface area (Å²) in [6, 6.07) is 13.4. The van der Waals surface area contributed by atoms with E-state index >= 15 is 0 Å².